The van der Waals surface area contributed by atoms with E-state index in [1.54, 1.807) is 37.1 Å². The number of rotatable bonds is 6. The van der Waals surface area contributed by atoms with Crippen LogP contribution in [-0.2, 0) is 6.42 Å². The molecule has 28 heavy (non-hydrogen) atoms. The fraction of sp³-hybridized carbons (Fsp3) is 0.143. The van der Waals surface area contributed by atoms with Crippen LogP contribution in [0.2, 0.25) is 0 Å². The van der Waals surface area contributed by atoms with Crippen LogP contribution in [0.5, 0.6) is 0 Å². The minimum absolute atomic E-state index is 0.236. The number of hydrogen-bond donors (Lipinski definition) is 1. The molecule has 0 radical (unpaired) electrons. The van der Waals surface area contributed by atoms with Gasteiger partial charge in [-0.3, -0.25) is 9.97 Å². The number of nitrogens with zero attached hydrogens (tertiary/aromatic N) is 4. The predicted octanol–water partition coefficient (Wildman–Crippen LogP) is 4.30. The summed E-state index contributed by atoms with van der Waals surface area (Å²) in [6.07, 6.45) is 8.94. The molecule has 1 aromatic carbocycles. The van der Waals surface area contributed by atoms with E-state index >= 15 is 0 Å². The van der Waals surface area contributed by atoms with Gasteiger partial charge >= 0.3 is 0 Å². The molecule has 0 amide bonds. The van der Waals surface area contributed by atoms with Crippen LogP contribution >= 0.6 is 0 Å². The molecule has 0 bridgehead atoms. The lowest BCUT2D eigenvalue weighted by atomic mass is 10.1. The van der Waals surface area contributed by atoms with Gasteiger partial charge in [0, 0.05) is 36.3 Å². The zero-order valence-electron chi connectivity index (χ0n) is 15.3. The number of benzene rings is 1. The van der Waals surface area contributed by atoms with Crippen molar-refractivity contribution in [2.24, 2.45) is 0 Å². The molecule has 3 heterocycles. The average Bonchev–Trinajstić information content (AvgIpc) is 3.14. The molecule has 0 aliphatic heterocycles. The molecule has 0 fully saturated rings. The number of nitrogens with one attached hydrogen (secondary N) is 1. The summed E-state index contributed by atoms with van der Waals surface area (Å²) in [5, 5.41) is 3.20. The van der Waals surface area contributed by atoms with Crippen molar-refractivity contribution in [2.75, 3.05) is 11.9 Å². The molecule has 140 valence electrons. The monoisotopic (exact) mass is 375 g/mol. The van der Waals surface area contributed by atoms with E-state index in [9.17, 15) is 4.39 Å². The summed E-state index contributed by atoms with van der Waals surface area (Å²) in [5.74, 6) is 1.01. The van der Waals surface area contributed by atoms with Gasteiger partial charge in [0.25, 0.3) is 0 Å². The van der Waals surface area contributed by atoms with Crippen molar-refractivity contribution >= 4 is 5.95 Å². The lowest BCUT2D eigenvalue weighted by Crippen LogP contribution is -2.09. The third kappa shape index (κ3) is 3.88. The molecular formula is C21H18FN5O. The molecular weight excluding hydrogens is 357 g/mol. The smallest absolute Gasteiger partial charge is 0.223 e. The van der Waals surface area contributed by atoms with Gasteiger partial charge in [0.15, 0.2) is 0 Å². The molecule has 0 spiro atoms. The summed E-state index contributed by atoms with van der Waals surface area (Å²) >= 11 is 0. The normalized spacial score (nSPS) is 10.8. The Hall–Kier alpha value is -3.61. The third-order valence-electron chi connectivity index (χ3n) is 4.33. The van der Waals surface area contributed by atoms with Crippen molar-refractivity contribution in [2.45, 2.75) is 13.3 Å². The second-order valence-electron chi connectivity index (χ2n) is 6.24. The zero-order chi connectivity index (χ0) is 19.3. The first-order valence-electron chi connectivity index (χ1n) is 8.87. The summed E-state index contributed by atoms with van der Waals surface area (Å²) in [5.41, 5.74) is 3.96. The van der Waals surface area contributed by atoms with E-state index in [1.807, 2.05) is 19.1 Å². The largest absolute Gasteiger partial charge is 0.469 e. The van der Waals surface area contributed by atoms with Crippen molar-refractivity contribution < 1.29 is 8.81 Å². The molecule has 0 saturated carbocycles. The van der Waals surface area contributed by atoms with E-state index in [2.05, 4.69) is 25.3 Å². The van der Waals surface area contributed by atoms with Crippen LogP contribution in [0, 0.1) is 12.7 Å². The number of aryl methyl sites for hydroxylation is 1. The lowest BCUT2D eigenvalue weighted by molar-refractivity contribution is 0.535. The number of furan rings is 1. The maximum absolute atomic E-state index is 13.3. The first kappa shape index (κ1) is 17.8. The molecule has 4 rings (SSSR count). The zero-order valence-corrected chi connectivity index (χ0v) is 15.3. The Morgan fingerprint density at radius 3 is 2.75 bits per heavy atom. The number of aromatic nitrogens is 4. The summed E-state index contributed by atoms with van der Waals surface area (Å²) in [7, 11) is 0. The molecule has 0 aliphatic rings. The Kier molecular flexibility index (Phi) is 5.05. The highest BCUT2D eigenvalue weighted by Gasteiger charge is 2.16. The van der Waals surface area contributed by atoms with Crippen molar-refractivity contribution in [1.29, 1.82) is 0 Å². The number of anilines is 1. The second-order valence-corrected chi connectivity index (χ2v) is 6.24. The molecule has 0 saturated heterocycles. The van der Waals surface area contributed by atoms with Crippen LogP contribution in [-0.4, -0.2) is 26.5 Å². The maximum Gasteiger partial charge on any atom is 0.223 e. The quantitative estimate of drug-likeness (QED) is 0.542. The van der Waals surface area contributed by atoms with Gasteiger partial charge in [0.2, 0.25) is 5.95 Å². The molecule has 6 nitrogen and oxygen atoms in total. The van der Waals surface area contributed by atoms with Crippen LogP contribution in [0.15, 0.2) is 65.8 Å². The average molecular weight is 375 g/mol. The van der Waals surface area contributed by atoms with Gasteiger partial charge < -0.3 is 9.73 Å². The van der Waals surface area contributed by atoms with E-state index in [1.165, 1.54) is 12.1 Å². The summed E-state index contributed by atoms with van der Waals surface area (Å²) < 4.78 is 18.8. The standard InChI is InChI=1S/C21H18FN5O/c1-14-17(6-10-28-14)20-18(19-13-23-8-9-24-19)12-26-21(27-20)25-7-5-15-3-2-4-16(22)11-15/h2-4,6,8-13H,5,7H2,1H3,(H,25,26,27). The first-order chi connectivity index (χ1) is 13.7. The SMILES string of the molecule is Cc1occc1-c1nc(NCCc2cccc(F)c2)ncc1-c1cnccn1. The topological polar surface area (TPSA) is 76.7 Å². The van der Waals surface area contributed by atoms with Crippen LogP contribution in [0.25, 0.3) is 22.5 Å². The summed E-state index contributed by atoms with van der Waals surface area (Å²) in [4.78, 5) is 17.6. The number of halogens is 1. The highest BCUT2D eigenvalue weighted by molar-refractivity contribution is 5.79. The Morgan fingerprint density at radius 1 is 1.07 bits per heavy atom. The Labute approximate surface area is 161 Å². The lowest BCUT2D eigenvalue weighted by Gasteiger charge is -2.10. The van der Waals surface area contributed by atoms with E-state index < -0.39 is 0 Å². The van der Waals surface area contributed by atoms with Crippen molar-refractivity contribution in [3.05, 3.63) is 78.5 Å². The van der Waals surface area contributed by atoms with Crippen LogP contribution in [0.1, 0.15) is 11.3 Å². The molecule has 0 atom stereocenters. The molecule has 7 heteroatoms. The van der Waals surface area contributed by atoms with Gasteiger partial charge in [-0.15, -0.1) is 0 Å². The first-order valence-corrected chi connectivity index (χ1v) is 8.87. The van der Waals surface area contributed by atoms with Gasteiger partial charge in [0.05, 0.1) is 23.8 Å². The molecule has 1 N–H and O–H groups in total. The summed E-state index contributed by atoms with van der Waals surface area (Å²) in [6.45, 7) is 2.46. The van der Waals surface area contributed by atoms with Gasteiger partial charge in [-0.1, -0.05) is 12.1 Å². The second kappa shape index (κ2) is 7.96. The van der Waals surface area contributed by atoms with Crippen molar-refractivity contribution in [3.63, 3.8) is 0 Å². The van der Waals surface area contributed by atoms with E-state index in [0.717, 1.165) is 28.1 Å². The van der Waals surface area contributed by atoms with Gasteiger partial charge in [-0.2, -0.15) is 0 Å². The van der Waals surface area contributed by atoms with Crippen LogP contribution in [0.4, 0.5) is 10.3 Å². The van der Waals surface area contributed by atoms with E-state index in [4.69, 9.17) is 4.42 Å². The fourth-order valence-electron chi connectivity index (χ4n) is 2.94. The van der Waals surface area contributed by atoms with Gasteiger partial charge in [-0.25, -0.2) is 14.4 Å². The van der Waals surface area contributed by atoms with E-state index in [0.29, 0.717) is 24.6 Å². The summed E-state index contributed by atoms with van der Waals surface area (Å²) in [6, 6.07) is 8.43. The van der Waals surface area contributed by atoms with Crippen LogP contribution in [0.3, 0.4) is 0 Å². The predicted molar refractivity (Wildman–Crippen MR) is 104 cm³/mol. The van der Waals surface area contributed by atoms with E-state index in [-0.39, 0.29) is 5.82 Å². The molecule has 0 unspecified atom stereocenters. The van der Waals surface area contributed by atoms with Crippen molar-refractivity contribution in [3.8, 4) is 22.5 Å². The van der Waals surface area contributed by atoms with Crippen molar-refractivity contribution in [1.82, 2.24) is 19.9 Å². The molecule has 4 aromatic rings. The maximum atomic E-state index is 13.3. The van der Waals surface area contributed by atoms with Gasteiger partial charge in [0.1, 0.15) is 11.6 Å². The van der Waals surface area contributed by atoms with Crippen LogP contribution < -0.4 is 5.32 Å². The Balaban J connectivity index is 1.60. The number of hydrogen-bond acceptors (Lipinski definition) is 6. The highest BCUT2D eigenvalue weighted by atomic mass is 19.1. The Morgan fingerprint density at radius 2 is 2.00 bits per heavy atom. The fourth-order valence-corrected chi connectivity index (χ4v) is 2.94. The minimum atomic E-state index is -0.236. The molecule has 3 aromatic heterocycles. The highest BCUT2D eigenvalue weighted by Crippen LogP contribution is 2.31. The minimum Gasteiger partial charge on any atom is -0.469 e. The van der Waals surface area contributed by atoms with Gasteiger partial charge in [-0.05, 0) is 37.1 Å². The molecule has 0 aliphatic carbocycles. The third-order valence-corrected chi connectivity index (χ3v) is 4.33. The Bertz CT molecular complexity index is 1080.